The van der Waals surface area contributed by atoms with Crippen LogP contribution in [0.4, 0.5) is 0 Å². The molecule has 6 heteroatoms. The summed E-state index contributed by atoms with van der Waals surface area (Å²) in [6.45, 7) is 6.03. The van der Waals surface area contributed by atoms with Crippen LogP contribution in [0.1, 0.15) is 57.1 Å². The van der Waals surface area contributed by atoms with Gasteiger partial charge in [0.15, 0.2) is 0 Å². The Hall–Kier alpha value is -4.45. The number of rotatable bonds is 7. The molecule has 0 fully saturated rings. The van der Waals surface area contributed by atoms with Crippen LogP contribution in [-0.4, -0.2) is 35.9 Å². The molecule has 190 valence electrons. The topological polar surface area (TPSA) is 72.9 Å². The summed E-state index contributed by atoms with van der Waals surface area (Å²) >= 11 is 0. The summed E-state index contributed by atoms with van der Waals surface area (Å²) in [5.74, 6) is -0.420. The number of hydrogen-bond donors (Lipinski definition) is 0. The number of carbonyl (C=O) groups is 3. The molecule has 0 bridgehead atoms. The number of nitrogens with zero attached hydrogens (tertiary/aromatic N) is 1. The predicted octanol–water partition coefficient (Wildman–Crippen LogP) is 5.90. The maximum absolute atomic E-state index is 14.1. The van der Waals surface area contributed by atoms with E-state index in [0.717, 1.165) is 17.2 Å². The summed E-state index contributed by atoms with van der Waals surface area (Å²) in [5, 5.41) is 1.32. The van der Waals surface area contributed by atoms with Gasteiger partial charge in [-0.1, -0.05) is 74.2 Å². The fourth-order valence-electron chi connectivity index (χ4n) is 6.17. The number of esters is 1. The number of carbonyl (C=O) groups excluding carboxylic acids is 3. The second-order valence-electron chi connectivity index (χ2n) is 10.0. The normalized spacial score (nSPS) is 22.8. The van der Waals surface area contributed by atoms with Crippen molar-refractivity contribution in [3.63, 3.8) is 0 Å². The highest BCUT2D eigenvalue weighted by Crippen LogP contribution is 2.60. The number of benzene rings is 3. The summed E-state index contributed by atoms with van der Waals surface area (Å²) in [6.07, 6.45) is 9.95. The van der Waals surface area contributed by atoms with E-state index in [0.29, 0.717) is 40.7 Å². The van der Waals surface area contributed by atoms with Crippen LogP contribution >= 0.6 is 0 Å². The van der Waals surface area contributed by atoms with Gasteiger partial charge < -0.3 is 9.47 Å². The maximum atomic E-state index is 14.1. The number of hydrogen-bond acceptors (Lipinski definition) is 5. The minimum absolute atomic E-state index is 0.0769. The largest absolute Gasteiger partial charge is 0.493 e. The maximum Gasteiger partial charge on any atom is 0.330 e. The molecule has 38 heavy (non-hydrogen) atoms. The van der Waals surface area contributed by atoms with Gasteiger partial charge in [-0.15, -0.1) is 0 Å². The van der Waals surface area contributed by atoms with Gasteiger partial charge in [-0.3, -0.25) is 14.5 Å². The van der Waals surface area contributed by atoms with Gasteiger partial charge in [-0.25, -0.2) is 4.79 Å². The van der Waals surface area contributed by atoms with Crippen molar-refractivity contribution in [3.05, 3.63) is 114 Å². The first-order chi connectivity index (χ1) is 18.5. The molecule has 2 amide bonds. The third-order valence-corrected chi connectivity index (χ3v) is 7.87. The SMILES string of the molecule is C=CC(=O)OCCCOc1ccc2c3c(cccc13)C(=O)N(C1c3ccccc3C3C=CC=CC31C)C2=O. The summed E-state index contributed by atoms with van der Waals surface area (Å²) in [7, 11) is 0. The molecule has 0 spiro atoms. The third-order valence-electron chi connectivity index (χ3n) is 7.87. The molecule has 3 atom stereocenters. The second-order valence-corrected chi connectivity index (χ2v) is 10.0. The zero-order valence-electron chi connectivity index (χ0n) is 21.1. The zero-order valence-corrected chi connectivity index (χ0v) is 21.1. The van der Waals surface area contributed by atoms with E-state index in [4.69, 9.17) is 9.47 Å². The Bertz CT molecular complexity index is 1550. The van der Waals surface area contributed by atoms with Gasteiger partial charge in [0, 0.05) is 45.7 Å². The van der Waals surface area contributed by atoms with Crippen molar-refractivity contribution in [1.29, 1.82) is 0 Å². The molecular formula is C32H27NO5. The van der Waals surface area contributed by atoms with Gasteiger partial charge in [0.05, 0.1) is 19.3 Å². The van der Waals surface area contributed by atoms with E-state index in [-0.39, 0.29) is 24.3 Å². The van der Waals surface area contributed by atoms with Crippen molar-refractivity contribution in [1.82, 2.24) is 4.90 Å². The molecular weight excluding hydrogens is 478 g/mol. The molecule has 3 unspecified atom stereocenters. The number of ether oxygens (including phenoxy) is 2. The fourth-order valence-corrected chi connectivity index (χ4v) is 6.17. The Morgan fingerprint density at radius 1 is 0.974 bits per heavy atom. The van der Waals surface area contributed by atoms with Gasteiger partial charge in [0.25, 0.3) is 11.8 Å². The Morgan fingerprint density at radius 2 is 1.74 bits per heavy atom. The molecule has 3 aromatic rings. The van der Waals surface area contributed by atoms with Gasteiger partial charge >= 0.3 is 5.97 Å². The summed E-state index contributed by atoms with van der Waals surface area (Å²) in [5.41, 5.74) is 2.68. The summed E-state index contributed by atoms with van der Waals surface area (Å²) in [4.78, 5) is 40.9. The number of imide groups is 1. The smallest absolute Gasteiger partial charge is 0.330 e. The van der Waals surface area contributed by atoms with Crippen molar-refractivity contribution in [2.45, 2.75) is 25.3 Å². The van der Waals surface area contributed by atoms with E-state index in [1.54, 1.807) is 18.2 Å². The molecule has 0 N–H and O–H groups in total. The van der Waals surface area contributed by atoms with Crippen molar-refractivity contribution in [2.75, 3.05) is 13.2 Å². The van der Waals surface area contributed by atoms with Gasteiger partial charge in [0.2, 0.25) is 0 Å². The molecule has 3 aliphatic rings. The average molecular weight is 506 g/mol. The summed E-state index contributed by atoms with van der Waals surface area (Å²) < 4.78 is 11.0. The van der Waals surface area contributed by atoms with E-state index in [1.807, 2.05) is 42.5 Å². The van der Waals surface area contributed by atoms with Crippen LogP contribution in [0.25, 0.3) is 10.8 Å². The lowest BCUT2D eigenvalue weighted by atomic mass is 9.72. The standard InChI is InChI=1S/C32H27NO5/c1-3-27(34)38-19-9-18-37-26-16-15-24-28-22(26)12-8-13-23(28)30(35)33(31(24)36)29-21-11-5-4-10-20(21)25-14-6-7-17-32(25,29)2/h3-8,10-17,25,29H,1,9,18-19H2,2H3. The Kier molecular flexibility index (Phi) is 5.75. The highest BCUT2D eigenvalue weighted by atomic mass is 16.5. The minimum Gasteiger partial charge on any atom is -0.493 e. The molecule has 6 nitrogen and oxygen atoms in total. The monoisotopic (exact) mass is 505 g/mol. The van der Waals surface area contributed by atoms with E-state index in [9.17, 15) is 14.4 Å². The van der Waals surface area contributed by atoms with Crippen LogP contribution in [0, 0.1) is 5.41 Å². The Labute approximate surface area is 220 Å². The fraction of sp³-hybridized carbons (Fsp3) is 0.219. The number of amides is 2. The number of allylic oxidation sites excluding steroid dienone is 3. The van der Waals surface area contributed by atoms with Crippen LogP contribution in [0.2, 0.25) is 0 Å². The number of fused-ring (bicyclic) bond motifs is 3. The summed E-state index contributed by atoms with van der Waals surface area (Å²) in [6, 6.07) is 16.7. The van der Waals surface area contributed by atoms with E-state index in [2.05, 4.69) is 31.7 Å². The van der Waals surface area contributed by atoms with Crippen molar-refractivity contribution in [3.8, 4) is 5.75 Å². The molecule has 3 aromatic carbocycles. The molecule has 0 saturated carbocycles. The molecule has 2 aliphatic carbocycles. The van der Waals surface area contributed by atoms with E-state index in [1.165, 1.54) is 4.90 Å². The van der Waals surface area contributed by atoms with Gasteiger partial charge in [0.1, 0.15) is 5.75 Å². The molecule has 1 heterocycles. The van der Waals surface area contributed by atoms with Crippen molar-refractivity contribution >= 4 is 28.6 Å². The zero-order chi connectivity index (χ0) is 26.4. The molecule has 0 aromatic heterocycles. The highest BCUT2D eigenvalue weighted by molar-refractivity contribution is 6.26. The van der Waals surface area contributed by atoms with Crippen LogP contribution in [0.3, 0.4) is 0 Å². The van der Waals surface area contributed by atoms with Crippen molar-refractivity contribution in [2.24, 2.45) is 5.41 Å². The molecule has 6 rings (SSSR count). The molecule has 1 aliphatic heterocycles. The van der Waals surface area contributed by atoms with Gasteiger partial charge in [-0.2, -0.15) is 0 Å². The third kappa shape index (κ3) is 3.51. The van der Waals surface area contributed by atoms with Crippen LogP contribution < -0.4 is 4.74 Å². The lowest BCUT2D eigenvalue weighted by molar-refractivity contribution is -0.137. The first-order valence-corrected chi connectivity index (χ1v) is 12.8. The first-order valence-electron chi connectivity index (χ1n) is 12.8. The van der Waals surface area contributed by atoms with Gasteiger partial charge in [-0.05, 0) is 29.3 Å². The van der Waals surface area contributed by atoms with Crippen molar-refractivity contribution < 1.29 is 23.9 Å². The van der Waals surface area contributed by atoms with E-state index < -0.39 is 17.4 Å². The van der Waals surface area contributed by atoms with E-state index >= 15 is 0 Å². The Morgan fingerprint density at radius 3 is 2.53 bits per heavy atom. The highest BCUT2D eigenvalue weighted by Gasteiger charge is 2.54. The second kappa shape index (κ2) is 9.14. The average Bonchev–Trinajstić information content (AvgIpc) is 3.20. The van der Waals surface area contributed by atoms with Crippen LogP contribution in [0.5, 0.6) is 5.75 Å². The quantitative estimate of drug-likeness (QED) is 0.173. The first kappa shape index (κ1) is 23.9. The molecule has 0 radical (unpaired) electrons. The Balaban J connectivity index is 1.36. The van der Waals surface area contributed by atoms with Crippen LogP contribution in [-0.2, 0) is 9.53 Å². The minimum atomic E-state index is -0.474. The molecule has 0 saturated heterocycles. The predicted molar refractivity (Wildman–Crippen MR) is 144 cm³/mol. The lowest BCUT2D eigenvalue weighted by Gasteiger charge is -2.42. The van der Waals surface area contributed by atoms with Crippen LogP contribution in [0.15, 0.2) is 91.6 Å². The lowest BCUT2D eigenvalue weighted by Crippen LogP contribution is -2.47.